The van der Waals surface area contributed by atoms with Crippen LogP contribution in [0.3, 0.4) is 0 Å². The van der Waals surface area contributed by atoms with Gasteiger partial charge < -0.3 is 19.6 Å². The Morgan fingerprint density at radius 3 is 2.26 bits per heavy atom. The van der Waals surface area contributed by atoms with Gasteiger partial charge >= 0.3 is 17.8 Å². The van der Waals surface area contributed by atoms with Crippen LogP contribution in [-0.4, -0.2) is 59.4 Å². The minimum absolute atomic E-state index is 0.154. The van der Waals surface area contributed by atoms with Crippen LogP contribution in [0.4, 0.5) is 13.2 Å². The minimum atomic E-state index is -5.33. The number of carbonyl (C=O) groups excluding carboxylic acids is 1. The average Bonchev–Trinajstić information content (AvgIpc) is 2.99. The predicted molar refractivity (Wildman–Crippen MR) is 124 cm³/mol. The van der Waals surface area contributed by atoms with E-state index in [2.05, 4.69) is 0 Å². The van der Waals surface area contributed by atoms with Gasteiger partial charge in [-0.2, -0.15) is 13.2 Å². The molecule has 1 aliphatic rings. The lowest BCUT2D eigenvalue weighted by atomic mass is 9.90. The number of carbonyl (C=O) groups is 1. The molecule has 2 rings (SSSR count). The molecule has 1 saturated heterocycles. The number of nitrogens with one attached hydrogen (secondary N) is 2. The van der Waals surface area contributed by atoms with Gasteiger partial charge in [-0.1, -0.05) is 47.5 Å². The number of amides is 1. The molecule has 1 aliphatic heterocycles. The van der Waals surface area contributed by atoms with Crippen molar-refractivity contribution in [2.24, 2.45) is 0 Å². The molecule has 1 aromatic heterocycles. The number of aliphatic hydroxyl groups is 1. The highest BCUT2D eigenvalue weighted by atomic mass is 28.4. The van der Waals surface area contributed by atoms with Crippen molar-refractivity contribution in [3.05, 3.63) is 33.1 Å². The molecule has 35 heavy (non-hydrogen) atoms. The third-order valence-corrected chi connectivity index (χ3v) is 12.7. The van der Waals surface area contributed by atoms with Crippen LogP contribution in [0.1, 0.15) is 47.8 Å². The summed E-state index contributed by atoms with van der Waals surface area (Å²) in [6, 6.07) is 0.933. The van der Waals surface area contributed by atoms with E-state index in [1.165, 1.54) is 0 Å². The van der Waals surface area contributed by atoms with Gasteiger partial charge in [-0.25, -0.2) is 4.79 Å². The molecule has 1 aromatic rings. The number of aliphatic hydroxyl groups excluding tert-OH is 1. The van der Waals surface area contributed by atoms with Crippen molar-refractivity contribution >= 4 is 14.2 Å². The Kier molecular flexibility index (Phi) is 8.48. The number of rotatable bonds is 8. The maximum absolute atomic E-state index is 13.1. The monoisotopic (exact) mass is 519 g/mol. The highest BCUT2D eigenvalue weighted by Crippen LogP contribution is 2.44. The molecule has 0 aromatic carbocycles. The smallest absolute Gasteiger partial charge is 0.413 e. The van der Waals surface area contributed by atoms with E-state index < -0.39 is 55.6 Å². The first kappa shape index (κ1) is 28.8. The van der Waals surface area contributed by atoms with Crippen LogP contribution < -0.4 is 16.6 Å². The van der Waals surface area contributed by atoms with Crippen molar-refractivity contribution in [2.75, 3.05) is 6.61 Å². The van der Waals surface area contributed by atoms with Gasteiger partial charge in [0, 0.05) is 12.3 Å². The molecular formula is C22H32F3N3O6Si. The second kappa shape index (κ2) is 10.3. The normalized spacial score (nSPS) is 25.3. The van der Waals surface area contributed by atoms with Gasteiger partial charge in [-0.05, 0) is 16.6 Å². The summed E-state index contributed by atoms with van der Waals surface area (Å²) < 4.78 is 52.3. The van der Waals surface area contributed by atoms with Gasteiger partial charge in [-0.3, -0.25) is 19.1 Å². The molecule has 196 valence electrons. The summed E-state index contributed by atoms with van der Waals surface area (Å²) in [5, 5.41) is 12.7. The number of terminal acetylenes is 1. The molecular weight excluding hydrogens is 487 g/mol. The summed E-state index contributed by atoms with van der Waals surface area (Å²) in [7, 11) is -2.49. The van der Waals surface area contributed by atoms with Gasteiger partial charge in [-0.15, -0.1) is 6.42 Å². The van der Waals surface area contributed by atoms with Crippen molar-refractivity contribution in [3.63, 3.8) is 0 Å². The Morgan fingerprint density at radius 2 is 1.83 bits per heavy atom. The van der Waals surface area contributed by atoms with Gasteiger partial charge in [0.1, 0.15) is 12.2 Å². The highest BCUT2D eigenvalue weighted by molar-refractivity contribution is 6.77. The minimum Gasteiger partial charge on any atom is -0.413 e. The number of aromatic nitrogens is 2. The van der Waals surface area contributed by atoms with E-state index in [0.29, 0.717) is 0 Å². The maximum Gasteiger partial charge on any atom is 0.471 e. The van der Waals surface area contributed by atoms with E-state index in [1.807, 2.05) is 52.4 Å². The number of nitrogens with zero attached hydrogens (tertiary/aromatic N) is 1. The van der Waals surface area contributed by atoms with Crippen LogP contribution in [0.2, 0.25) is 16.6 Å². The third kappa shape index (κ3) is 5.25. The van der Waals surface area contributed by atoms with Gasteiger partial charge in [0.15, 0.2) is 20.1 Å². The molecule has 0 saturated carbocycles. The number of ether oxygens (including phenoxy) is 1. The molecule has 0 unspecified atom stereocenters. The lowest BCUT2D eigenvalue weighted by Crippen LogP contribution is -2.62. The van der Waals surface area contributed by atoms with Crippen LogP contribution in [0.25, 0.3) is 0 Å². The van der Waals surface area contributed by atoms with Crippen LogP contribution >= 0.6 is 0 Å². The lowest BCUT2D eigenvalue weighted by Gasteiger charge is -2.42. The van der Waals surface area contributed by atoms with E-state index in [0.717, 1.165) is 16.8 Å². The number of hydrogen-bond acceptors (Lipinski definition) is 6. The summed E-state index contributed by atoms with van der Waals surface area (Å²) >= 11 is 0. The number of aromatic amines is 1. The van der Waals surface area contributed by atoms with Crippen LogP contribution in [0, 0.1) is 12.3 Å². The molecule has 4 atom stereocenters. The summed E-state index contributed by atoms with van der Waals surface area (Å²) in [6.07, 6.45) is -3.73. The van der Waals surface area contributed by atoms with Gasteiger partial charge in [0.25, 0.3) is 5.56 Å². The molecule has 1 fully saturated rings. The summed E-state index contributed by atoms with van der Waals surface area (Å²) in [6.45, 7) is 11.9. The number of H-pyrrole nitrogens is 1. The van der Waals surface area contributed by atoms with Gasteiger partial charge in [0.2, 0.25) is 0 Å². The van der Waals surface area contributed by atoms with Crippen molar-refractivity contribution in [1.82, 2.24) is 14.9 Å². The first-order valence-corrected chi connectivity index (χ1v) is 13.3. The molecule has 0 spiro atoms. The predicted octanol–water partition coefficient (Wildman–Crippen LogP) is 2.04. The van der Waals surface area contributed by atoms with E-state index in [4.69, 9.17) is 15.6 Å². The molecule has 0 aliphatic carbocycles. The zero-order valence-electron chi connectivity index (χ0n) is 20.5. The molecule has 2 heterocycles. The van der Waals surface area contributed by atoms with Crippen molar-refractivity contribution in [1.29, 1.82) is 0 Å². The Hall–Kier alpha value is -2.40. The van der Waals surface area contributed by atoms with E-state index in [9.17, 15) is 32.7 Å². The van der Waals surface area contributed by atoms with Crippen LogP contribution in [0.15, 0.2) is 21.9 Å². The zero-order valence-corrected chi connectivity index (χ0v) is 21.5. The van der Waals surface area contributed by atoms with E-state index >= 15 is 0 Å². The van der Waals surface area contributed by atoms with Crippen molar-refractivity contribution in [2.45, 2.75) is 88.3 Å². The largest absolute Gasteiger partial charge is 0.471 e. The standard InChI is InChI=1S/C22H32F3N3O6Si/c1-8-21(27-18(31)22(23,24)25)17(30)15(11-33-35(12(2)3,13(4)5)14(6)7)34-19(21)28-10-9-16(29)26-20(28)32/h1,9-10,12-15,17,19,30H,11H2,2-7H3,(H,27,31)(H,26,29,32)/t15-,17-,19-,21-/m1/s1. The fourth-order valence-corrected chi connectivity index (χ4v) is 10.6. The molecule has 9 nitrogen and oxygen atoms in total. The lowest BCUT2D eigenvalue weighted by molar-refractivity contribution is -0.176. The SMILES string of the molecule is C#C[C@@]1(NC(=O)C(F)(F)F)[C@H](O)[C@@H](CO[Si](C(C)C)(C(C)C)C(C)C)O[C@H]1n1ccc(=O)[nH]c1=O. The van der Waals surface area contributed by atoms with Crippen molar-refractivity contribution < 1.29 is 32.2 Å². The quantitative estimate of drug-likeness (QED) is 0.357. The average molecular weight is 520 g/mol. The summed E-state index contributed by atoms with van der Waals surface area (Å²) in [5.74, 6) is -0.406. The van der Waals surface area contributed by atoms with Crippen molar-refractivity contribution in [3.8, 4) is 12.3 Å². The Bertz CT molecular complexity index is 1060. The second-order valence-corrected chi connectivity index (χ2v) is 15.0. The fraction of sp³-hybridized carbons (Fsp3) is 0.682. The van der Waals surface area contributed by atoms with Crippen LogP contribution in [0.5, 0.6) is 0 Å². The first-order chi connectivity index (χ1) is 16.0. The van der Waals surface area contributed by atoms with E-state index in [1.54, 1.807) is 5.32 Å². The Labute approximate surface area is 202 Å². The molecule has 1 amide bonds. The summed E-state index contributed by atoms with van der Waals surface area (Å²) in [4.78, 5) is 37.8. The fourth-order valence-electron chi connectivity index (χ4n) is 5.13. The maximum atomic E-state index is 13.1. The Morgan fingerprint density at radius 1 is 1.29 bits per heavy atom. The van der Waals surface area contributed by atoms with Crippen LogP contribution in [-0.2, 0) is 14.0 Å². The highest BCUT2D eigenvalue weighted by Gasteiger charge is 2.60. The summed E-state index contributed by atoms with van der Waals surface area (Å²) in [5.41, 5.74) is -3.84. The first-order valence-electron chi connectivity index (χ1n) is 11.2. The third-order valence-electron chi connectivity index (χ3n) is 6.64. The molecule has 13 heteroatoms. The number of hydrogen-bond donors (Lipinski definition) is 3. The number of alkyl halides is 3. The van der Waals surface area contributed by atoms with E-state index in [-0.39, 0.29) is 23.2 Å². The van der Waals surface area contributed by atoms with Gasteiger partial charge in [0.05, 0.1) is 6.61 Å². The second-order valence-electron chi connectivity index (χ2n) is 9.58. The molecule has 0 bridgehead atoms. The Balaban J connectivity index is 2.55. The number of halogens is 3. The molecule has 0 radical (unpaired) electrons. The topological polar surface area (TPSA) is 123 Å². The molecule has 3 N–H and O–H groups in total. The zero-order chi connectivity index (χ0) is 26.9.